The fraction of sp³-hybridized carbons (Fsp3) is 0.944. The molecule has 1 rings (SSSR count). The van der Waals surface area contributed by atoms with Crippen molar-refractivity contribution in [1.29, 1.82) is 0 Å². The van der Waals surface area contributed by atoms with Crippen molar-refractivity contribution in [2.24, 2.45) is 10.9 Å². The first kappa shape index (κ1) is 27.9. The maximum absolute atomic E-state index is 12.7. The van der Waals surface area contributed by atoms with E-state index in [-0.39, 0.29) is 34.6 Å². The average Bonchev–Trinajstić information content (AvgIpc) is 2.99. The van der Waals surface area contributed by atoms with E-state index in [0.717, 1.165) is 25.5 Å². The maximum atomic E-state index is 12.7. The van der Waals surface area contributed by atoms with E-state index in [1.165, 1.54) is 4.90 Å². The van der Waals surface area contributed by atoms with Gasteiger partial charge in [0.2, 0.25) is 0 Å². The van der Waals surface area contributed by atoms with E-state index in [1.807, 2.05) is 27.7 Å². The number of rotatable bonds is 8. The minimum atomic E-state index is -4.16. The number of aliphatic imine (C=N–C) groups is 1. The monoisotopic (exact) mass is 540 g/mol. The SMILES string of the molecule is CCNC(=NCCS(=O)C(C)(C)C)N1CCC(CN(CC)CC(F)(F)F)C1.I. The zero-order chi connectivity index (χ0) is 20.7. The molecule has 0 spiro atoms. The van der Waals surface area contributed by atoms with E-state index < -0.39 is 23.5 Å². The van der Waals surface area contributed by atoms with Gasteiger partial charge in [0.05, 0.1) is 13.1 Å². The second kappa shape index (κ2) is 12.6. The van der Waals surface area contributed by atoms with Crippen molar-refractivity contribution in [1.82, 2.24) is 15.1 Å². The molecular weight excluding hydrogens is 504 g/mol. The molecule has 1 saturated heterocycles. The quantitative estimate of drug-likeness (QED) is 0.292. The van der Waals surface area contributed by atoms with Crippen molar-refractivity contribution in [3.63, 3.8) is 0 Å². The Morgan fingerprint density at radius 2 is 1.93 bits per heavy atom. The third-order valence-corrected chi connectivity index (χ3v) is 6.43. The molecule has 0 amide bonds. The van der Waals surface area contributed by atoms with Crippen LogP contribution in [0.25, 0.3) is 0 Å². The van der Waals surface area contributed by atoms with Crippen molar-refractivity contribution in [2.75, 3.05) is 51.6 Å². The van der Waals surface area contributed by atoms with Crippen LogP contribution in [0.4, 0.5) is 13.2 Å². The number of alkyl halides is 3. The second-order valence-electron chi connectivity index (χ2n) is 7.94. The van der Waals surface area contributed by atoms with Crippen LogP contribution in [-0.2, 0) is 10.8 Å². The molecule has 1 fully saturated rings. The number of guanidine groups is 1. The number of nitrogens with zero attached hydrogens (tertiary/aromatic N) is 3. The molecule has 168 valence electrons. The van der Waals surface area contributed by atoms with Crippen LogP contribution in [0.3, 0.4) is 0 Å². The van der Waals surface area contributed by atoms with Crippen LogP contribution in [0.15, 0.2) is 4.99 Å². The number of halogens is 4. The summed E-state index contributed by atoms with van der Waals surface area (Å²) in [5.41, 5.74) is 0. The zero-order valence-electron chi connectivity index (χ0n) is 17.6. The lowest BCUT2D eigenvalue weighted by Crippen LogP contribution is -2.42. The Bertz CT molecular complexity index is 512. The summed E-state index contributed by atoms with van der Waals surface area (Å²) in [4.78, 5) is 8.16. The minimum absolute atomic E-state index is 0. The number of hydrogen-bond acceptors (Lipinski definition) is 3. The van der Waals surface area contributed by atoms with Crippen LogP contribution >= 0.6 is 24.0 Å². The Morgan fingerprint density at radius 1 is 1.29 bits per heavy atom. The molecule has 0 bridgehead atoms. The molecule has 0 aromatic heterocycles. The standard InChI is InChI=1S/C18H35F3N4OS.HI/c1-6-22-16(23-9-11-27(26)17(3,4)5)25-10-8-15(13-25)12-24(7-2)14-18(19,20)21;/h15H,6-14H2,1-5H3,(H,22,23);1H. The highest BCUT2D eigenvalue weighted by molar-refractivity contribution is 14.0. The largest absolute Gasteiger partial charge is 0.401 e. The van der Waals surface area contributed by atoms with Crippen LogP contribution in [-0.4, -0.2) is 82.5 Å². The molecule has 1 aliphatic heterocycles. The highest BCUT2D eigenvalue weighted by Gasteiger charge is 2.33. The normalized spacial score (nSPS) is 19.7. The molecule has 0 aliphatic carbocycles. The lowest BCUT2D eigenvalue weighted by atomic mass is 10.1. The Morgan fingerprint density at radius 3 is 2.43 bits per heavy atom. The van der Waals surface area contributed by atoms with Gasteiger partial charge in [-0.05, 0) is 46.6 Å². The van der Waals surface area contributed by atoms with Crippen molar-refractivity contribution in [2.45, 2.75) is 52.0 Å². The van der Waals surface area contributed by atoms with Crippen molar-refractivity contribution in [3.05, 3.63) is 0 Å². The lowest BCUT2D eigenvalue weighted by molar-refractivity contribution is -0.146. The van der Waals surface area contributed by atoms with Gasteiger partial charge in [-0.1, -0.05) is 6.92 Å². The van der Waals surface area contributed by atoms with Crippen molar-refractivity contribution >= 4 is 40.7 Å². The molecule has 0 radical (unpaired) electrons. The summed E-state index contributed by atoms with van der Waals surface area (Å²) in [5.74, 6) is 1.47. The molecule has 10 heteroatoms. The van der Waals surface area contributed by atoms with Gasteiger partial charge in [-0.2, -0.15) is 13.2 Å². The molecule has 2 unspecified atom stereocenters. The van der Waals surface area contributed by atoms with E-state index in [9.17, 15) is 17.4 Å². The molecule has 5 nitrogen and oxygen atoms in total. The Hall–Kier alpha value is -0.100. The van der Waals surface area contributed by atoms with Gasteiger partial charge >= 0.3 is 6.18 Å². The van der Waals surface area contributed by atoms with Gasteiger partial charge in [0, 0.05) is 47.5 Å². The van der Waals surface area contributed by atoms with Crippen molar-refractivity contribution in [3.8, 4) is 0 Å². The van der Waals surface area contributed by atoms with E-state index in [1.54, 1.807) is 6.92 Å². The Kier molecular flexibility index (Phi) is 12.5. The van der Waals surface area contributed by atoms with Crippen LogP contribution < -0.4 is 5.32 Å². The highest BCUT2D eigenvalue weighted by Crippen LogP contribution is 2.21. The van der Waals surface area contributed by atoms with Gasteiger partial charge in [-0.25, -0.2) is 0 Å². The topological polar surface area (TPSA) is 47.9 Å². The first-order valence-electron chi connectivity index (χ1n) is 9.67. The smallest absolute Gasteiger partial charge is 0.357 e. The fourth-order valence-corrected chi connectivity index (χ4v) is 3.93. The van der Waals surface area contributed by atoms with Gasteiger partial charge in [0.15, 0.2) is 5.96 Å². The first-order valence-corrected chi connectivity index (χ1v) is 11.0. The maximum Gasteiger partial charge on any atom is 0.401 e. The summed E-state index contributed by atoms with van der Waals surface area (Å²) >= 11 is 0. The molecule has 1 N–H and O–H groups in total. The van der Waals surface area contributed by atoms with E-state index in [4.69, 9.17) is 0 Å². The average molecular weight is 540 g/mol. The minimum Gasteiger partial charge on any atom is -0.357 e. The molecule has 0 saturated carbocycles. The van der Waals surface area contributed by atoms with Crippen LogP contribution in [0.5, 0.6) is 0 Å². The molecule has 0 aromatic carbocycles. The summed E-state index contributed by atoms with van der Waals surface area (Å²) in [6.45, 7) is 12.2. The predicted octanol–water partition coefficient (Wildman–Crippen LogP) is 3.32. The molecule has 2 atom stereocenters. The van der Waals surface area contributed by atoms with Gasteiger partial charge in [-0.3, -0.25) is 14.1 Å². The van der Waals surface area contributed by atoms with Crippen LogP contribution in [0.1, 0.15) is 41.0 Å². The van der Waals surface area contributed by atoms with Crippen LogP contribution in [0.2, 0.25) is 0 Å². The Balaban J connectivity index is 0.00000729. The predicted molar refractivity (Wildman–Crippen MR) is 122 cm³/mol. The van der Waals surface area contributed by atoms with E-state index in [2.05, 4.69) is 15.2 Å². The summed E-state index contributed by atoms with van der Waals surface area (Å²) in [6, 6.07) is 0. The number of likely N-dealkylation sites (tertiary alicyclic amines) is 1. The number of hydrogen-bond donors (Lipinski definition) is 1. The Labute approximate surface area is 187 Å². The summed E-state index contributed by atoms with van der Waals surface area (Å²) in [7, 11) is -0.952. The van der Waals surface area contributed by atoms with Gasteiger partial charge in [0.1, 0.15) is 0 Å². The summed E-state index contributed by atoms with van der Waals surface area (Å²) in [6.07, 6.45) is -3.31. The fourth-order valence-electron chi connectivity index (χ4n) is 3.06. The van der Waals surface area contributed by atoms with Gasteiger partial charge < -0.3 is 10.2 Å². The molecule has 0 aromatic rings. The summed E-state index contributed by atoms with van der Waals surface area (Å²) in [5, 5.41) is 3.25. The third-order valence-electron chi connectivity index (χ3n) is 4.51. The van der Waals surface area contributed by atoms with Gasteiger partial charge in [-0.15, -0.1) is 24.0 Å². The van der Waals surface area contributed by atoms with E-state index in [0.29, 0.717) is 31.9 Å². The lowest BCUT2D eigenvalue weighted by Gasteiger charge is -2.26. The van der Waals surface area contributed by atoms with Gasteiger partial charge in [0.25, 0.3) is 0 Å². The van der Waals surface area contributed by atoms with Crippen molar-refractivity contribution < 1.29 is 17.4 Å². The third kappa shape index (κ3) is 10.6. The molecule has 1 aliphatic rings. The molecule has 28 heavy (non-hydrogen) atoms. The first-order chi connectivity index (χ1) is 12.5. The highest BCUT2D eigenvalue weighted by atomic mass is 127. The van der Waals surface area contributed by atoms with E-state index >= 15 is 0 Å². The number of nitrogens with one attached hydrogen (secondary N) is 1. The van der Waals surface area contributed by atoms with Crippen LogP contribution in [0, 0.1) is 5.92 Å². The molecular formula is C18H36F3IN4OS. The molecule has 1 heterocycles. The zero-order valence-corrected chi connectivity index (χ0v) is 20.8. The second-order valence-corrected chi connectivity index (χ2v) is 10.3. The summed E-state index contributed by atoms with van der Waals surface area (Å²) < 4.78 is 49.9.